The van der Waals surface area contributed by atoms with Gasteiger partial charge in [-0.2, -0.15) is 0 Å². The summed E-state index contributed by atoms with van der Waals surface area (Å²) in [7, 11) is -35.2. The van der Waals surface area contributed by atoms with E-state index in [1.807, 2.05) is 0 Å². The highest BCUT2D eigenvalue weighted by atomic mass is 31.3. The second-order valence-electron chi connectivity index (χ2n) is 24.2. The molecule has 0 spiro atoms. The van der Waals surface area contributed by atoms with Crippen molar-refractivity contribution in [2.75, 3.05) is 64.1 Å². The Morgan fingerprint density at radius 2 is 0.943 bits per heavy atom. The number of imidazole rings is 2. The molecule has 2 fully saturated rings. The van der Waals surface area contributed by atoms with E-state index in [4.69, 9.17) is 26.7 Å². The number of carbonyl (C=O) groups is 6. The molecule has 0 bridgehead atoms. The molecule has 0 radical (unpaired) electrons. The monoisotopic (exact) mass is 1620 g/mol. The van der Waals surface area contributed by atoms with Crippen LogP contribution in [-0.4, -0.2) is 202 Å². The lowest BCUT2D eigenvalue weighted by Crippen LogP contribution is -2.46. The minimum Gasteiger partial charge on any atom is -0.790 e. The van der Waals surface area contributed by atoms with E-state index < -0.39 is 169 Å². The molecule has 2 aliphatic heterocycles. The summed E-state index contributed by atoms with van der Waals surface area (Å²) < 4.78 is 121. The van der Waals surface area contributed by atoms with Gasteiger partial charge in [0.2, 0.25) is 23.6 Å². The van der Waals surface area contributed by atoms with E-state index in [0.717, 1.165) is 34.4 Å². The zero-order valence-electron chi connectivity index (χ0n) is 56.0. The van der Waals surface area contributed by atoms with Gasteiger partial charge in [-0.15, -0.1) is 0 Å². The molecule has 15 atom stereocenters. The number of nitrogens with two attached hydrogens (primary N) is 3. The predicted molar refractivity (Wildman–Crippen MR) is 334 cm³/mol. The summed E-state index contributed by atoms with van der Waals surface area (Å²) in [6.45, 7) is 3.16. The predicted octanol–water partition coefficient (Wildman–Crippen LogP) is -8.01. The van der Waals surface area contributed by atoms with Crippen molar-refractivity contribution in [3.63, 3.8) is 0 Å². The number of aliphatic hydroxyl groups is 4. The second-order valence-corrected chi connectivity index (χ2v) is 32.3. The molecule has 4 aromatic rings. The molecule has 4 aromatic heterocycles. The maximum Gasteiger partial charge on any atom is 0.274 e. The van der Waals surface area contributed by atoms with E-state index >= 15 is 0 Å². The van der Waals surface area contributed by atoms with E-state index in [-0.39, 0.29) is 110 Å². The van der Waals surface area contributed by atoms with Crippen molar-refractivity contribution in [2.45, 2.75) is 141 Å². The number of allylic oxidation sites excluding steroid dienone is 2. The van der Waals surface area contributed by atoms with Crippen molar-refractivity contribution in [2.24, 2.45) is 16.6 Å². The number of hydrogen-bond donors (Lipinski definition) is 11. The van der Waals surface area contributed by atoms with Gasteiger partial charge < -0.3 is 144 Å². The molecule has 6 rings (SSSR count). The number of nitrogens with one attached hydrogen (secondary N) is 4. The number of fused-ring (bicyclic) bond motifs is 2. The molecule has 2 aliphatic rings. The van der Waals surface area contributed by atoms with E-state index in [1.165, 1.54) is 33.8 Å². The van der Waals surface area contributed by atoms with Crippen LogP contribution in [0.5, 0.6) is 0 Å². The number of nitrogens with zero attached hydrogens (tertiary/aromatic N) is 8. The van der Waals surface area contributed by atoms with Gasteiger partial charge >= 0.3 is 0 Å². The van der Waals surface area contributed by atoms with Gasteiger partial charge in [-0.05, 0) is 19.9 Å². The summed E-state index contributed by atoms with van der Waals surface area (Å²) in [6, 6.07) is -0.319. The van der Waals surface area contributed by atoms with Gasteiger partial charge in [-0.25, -0.2) is 38.5 Å². The summed E-state index contributed by atoms with van der Waals surface area (Å²) in [4.78, 5) is 190. The number of aliphatic hydroxyl groups excluding tert-OH is 4. The molecule has 14 N–H and O–H groups in total. The lowest BCUT2D eigenvalue weighted by Gasteiger charge is -2.36. The third kappa shape index (κ3) is 28.3. The number of ether oxygens (including phenoxy) is 2. The number of carbonyl (C=O) groups excluding carboxylic acids is 6. The Morgan fingerprint density at radius 1 is 0.581 bits per heavy atom. The lowest BCUT2D eigenvalue weighted by atomic mass is 9.87. The van der Waals surface area contributed by atoms with E-state index in [1.54, 1.807) is 19.9 Å². The van der Waals surface area contributed by atoms with Crippen molar-refractivity contribution < 1.29 is 161 Å². The minimum absolute atomic E-state index is 0.0224. The average molecular weight is 1620 g/mol. The fourth-order valence-electron chi connectivity index (χ4n) is 9.23. The lowest BCUT2D eigenvalue weighted by molar-refractivity contribution is -0.348. The number of Topliss-reactive ketones (excluding diaryl/α,β-unsaturated/α-hetero) is 1. The first-order valence-corrected chi connectivity index (χ1v) is 39.3. The van der Waals surface area contributed by atoms with Crippen LogP contribution in [0.2, 0.25) is 0 Å². The number of phosphoric ester groups is 6. The third-order valence-corrected chi connectivity index (χ3v) is 20.5. The Labute approximate surface area is 594 Å². The molecule has 2 saturated heterocycles. The summed E-state index contributed by atoms with van der Waals surface area (Å²) in [6.07, 6.45) is -12.1. The maximum atomic E-state index is 12.5. The Bertz CT molecular complexity index is 4030. The third-order valence-electron chi connectivity index (χ3n) is 14.4. The molecule has 14 unspecified atom stereocenters. The summed E-state index contributed by atoms with van der Waals surface area (Å²) >= 11 is 0. The molecule has 0 aromatic carbocycles. The highest BCUT2D eigenvalue weighted by molar-refractivity contribution is 7.60. The summed E-state index contributed by atoms with van der Waals surface area (Å²) in [5.74, 6) is -3.56. The number of ketones is 2. The number of hydrogen-bond acceptors (Lipinski definition) is 43. The zero-order valence-corrected chi connectivity index (χ0v) is 61.4. The molecule has 49 nitrogen and oxygen atoms in total. The summed E-state index contributed by atoms with van der Waals surface area (Å²) in [5.41, 5.74) is 13.6. The Morgan fingerprint density at radius 3 is 1.30 bits per heavy atom. The van der Waals surface area contributed by atoms with Gasteiger partial charge in [0.15, 0.2) is 41.2 Å². The smallest absolute Gasteiger partial charge is 0.274 e. The SMILES string of the molecule is C/C=C/C(=O)CCNC(=O)CCNC(=O)C(O)C(C)(C)COP(=O)([O-])OP(=O)([O-])OCC1OC(n2cnc3c(N)ncnc32)C(O)C1OP(=O)([O-])[O-].C[C@H](N)CC(=O)CCNC(=O)CCNC(=O)C(O)C(C)(C)COP(=O)([O-])OP(=O)([O-])OCC1OC(n2cnc3c(N)ncnc32)C(O)C1OP(=O)([O-])[O-]. The van der Waals surface area contributed by atoms with Gasteiger partial charge in [0.05, 0.1) is 54.7 Å². The molecule has 592 valence electrons. The Balaban J connectivity index is 0.000000377. The van der Waals surface area contributed by atoms with Gasteiger partial charge in [0.1, 0.15) is 78.3 Å². The molecule has 4 amide bonds. The van der Waals surface area contributed by atoms with Crippen molar-refractivity contribution >= 4 is 116 Å². The number of anilines is 2. The van der Waals surface area contributed by atoms with Gasteiger partial charge in [0, 0.05) is 75.2 Å². The van der Waals surface area contributed by atoms with Crippen LogP contribution in [0.15, 0.2) is 37.5 Å². The second kappa shape index (κ2) is 38.0. The maximum absolute atomic E-state index is 12.5. The molecule has 55 heteroatoms. The average Bonchev–Trinajstić information content (AvgIpc) is 1.65. The van der Waals surface area contributed by atoms with Crippen molar-refractivity contribution in [3.05, 3.63) is 37.5 Å². The molecule has 0 aliphatic carbocycles. The standard InChI is InChI=1S/C25H43N8O17P3.C25H40N7O17P3/c1-13(26)8-14(34)4-6-28-16(35)5-7-29-23(38)20(37)25(2,3)10-47-53(44,45)50-52(42,43)46-9-15-19(49-51(39,40)41)18(36)24(48-15)33-12-32-17-21(27)30-11-31-22(17)33;1-4-5-14(33)6-8-27-16(34)7-9-28-23(37)20(36)25(2,3)11-46-52(43,44)49-51(41,42)45-10-15-19(48-50(38,39)40)18(35)24(47-15)32-13-31-17-21(26)29-12-30-22(17)32/h11-13,15,18-20,24,36-37H,4-10,26H2,1-3H3,(H,28,35)(H,29,38)(H,42,43)(H,44,45)(H2,27,30,31)(H2,39,40,41);4-5,12-13,15,18-20,24,35-36H,6-11H2,1-3H3,(H,27,34)(H,28,37)(H,41,42)(H,43,44)(H2,26,29,30)(H2,38,39,40)/p-8/b;5-4+/t13-,15?,18?,19?,20?,24?;/m0./s1. The van der Waals surface area contributed by atoms with Crippen LogP contribution in [0.25, 0.3) is 22.3 Å². The van der Waals surface area contributed by atoms with Crippen LogP contribution in [0.3, 0.4) is 0 Å². The Kier molecular flexibility index (Phi) is 32.5. The quantitative estimate of drug-likeness (QED) is 0.0145. The van der Waals surface area contributed by atoms with Gasteiger partial charge in [-0.3, -0.25) is 56.2 Å². The van der Waals surface area contributed by atoms with Crippen molar-refractivity contribution in [3.8, 4) is 0 Å². The van der Waals surface area contributed by atoms with Crippen LogP contribution in [0.4, 0.5) is 11.6 Å². The fraction of sp³-hybridized carbons (Fsp3) is 0.640. The van der Waals surface area contributed by atoms with Crippen LogP contribution in [0.1, 0.15) is 86.1 Å². The fourth-order valence-corrected chi connectivity index (χ4v) is 14.7. The van der Waals surface area contributed by atoms with Crippen LogP contribution < -0.4 is 77.6 Å². The largest absolute Gasteiger partial charge is 0.790 e. The molecular weight excluding hydrogens is 1540 g/mol. The van der Waals surface area contributed by atoms with Gasteiger partial charge in [0.25, 0.3) is 31.3 Å². The Hall–Kier alpha value is -5.88. The number of nitrogen functional groups attached to an aromatic ring is 2. The number of rotatable bonds is 41. The van der Waals surface area contributed by atoms with Crippen molar-refractivity contribution in [1.29, 1.82) is 0 Å². The topological polar surface area (TPSA) is 776 Å². The minimum atomic E-state index is -5.91. The van der Waals surface area contributed by atoms with Crippen LogP contribution >= 0.6 is 46.9 Å². The number of amides is 4. The highest BCUT2D eigenvalue weighted by Gasteiger charge is 2.49. The first-order chi connectivity index (χ1) is 48.5. The molecular formula is C50H75N15O34P6-8. The van der Waals surface area contributed by atoms with Crippen molar-refractivity contribution in [1.82, 2.24) is 60.3 Å². The van der Waals surface area contributed by atoms with Crippen LogP contribution in [-0.2, 0) is 101 Å². The van der Waals surface area contributed by atoms with Gasteiger partial charge in [-0.1, -0.05) is 33.8 Å². The normalized spacial score (nSPS) is 22.7. The first-order valence-electron chi connectivity index (χ1n) is 30.5. The number of aromatic nitrogens is 8. The zero-order chi connectivity index (χ0) is 79.0. The van der Waals surface area contributed by atoms with Crippen LogP contribution in [0, 0.1) is 10.8 Å². The molecule has 6 heterocycles. The summed E-state index contributed by atoms with van der Waals surface area (Å²) in [5, 5.41) is 52.0. The van der Waals surface area contributed by atoms with E-state index in [2.05, 4.69) is 86.9 Å². The molecule has 0 saturated carbocycles. The van der Waals surface area contributed by atoms with E-state index in [9.17, 15) is 116 Å². The number of phosphoric acid groups is 6. The first kappa shape index (κ1) is 89.7. The van der Waals surface area contributed by atoms with E-state index in [0.29, 0.717) is 0 Å². The highest BCUT2D eigenvalue weighted by Crippen LogP contribution is 2.58. The molecule has 105 heavy (non-hydrogen) atoms.